The third kappa shape index (κ3) is 3.28. The lowest BCUT2D eigenvalue weighted by molar-refractivity contribution is -0.141. The molecule has 2 fully saturated rings. The van der Waals surface area contributed by atoms with Crippen molar-refractivity contribution in [3.8, 4) is 5.75 Å². The average molecular weight is 353 g/mol. The van der Waals surface area contributed by atoms with E-state index in [9.17, 15) is 18.3 Å². The number of ether oxygens (including phenoxy) is 1. The smallest absolute Gasteiger partial charge is 0.322 e. The highest BCUT2D eigenvalue weighted by Crippen LogP contribution is 2.42. The number of rotatable bonds is 5. The highest BCUT2D eigenvalue weighted by atomic mass is 32.2. The molecule has 7 heteroatoms. The van der Waals surface area contributed by atoms with Crippen molar-refractivity contribution in [2.24, 2.45) is 5.92 Å². The van der Waals surface area contributed by atoms with E-state index in [1.165, 1.54) is 11.4 Å². The molecular weight excluding hydrogens is 330 g/mol. The van der Waals surface area contributed by atoms with Crippen molar-refractivity contribution in [1.29, 1.82) is 0 Å². The quantitative estimate of drug-likeness (QED) is 0.878. The zero-order valence-corrected chi connectivity index (χ0v) is 14.5. The van der Waals surface area contributed by atoms with Crippen molar-refractivity contribution in [2.45, 2.75) is 49.9 Å². The zero-order chi connectivity index (χ0) is 17.3. The lowest BCUT2D eigenvalue weighted by Gasteiger charge is -2.32. The van der Waals surface area contributed by atoms with Gasteiger partial charge >= 0.3 is 5.97 Å². The first-order valence-electron chi connectivity index (χ1n) is 8.29. The monoisotopic (exact) mass is 353 g/mol. The minimum atomic E-state index is -3.71. The van der Waals surface area contributed by atoms with Gasteiger partial charge in [0.1, 0.15) is 11.8 Å². The second-order valence-corrected chi connectivity index (χ2v) is 8.51. The fourth-order valence-corrected chi connectivity index (χ4v) is 6.08. The molecule has 24 heavy (non-hydrogen) atoms. The number of hydrogen-bond donors (Lipinski definition) is 1. The molecule has 0 aromatic heterocycles. The van der Waals surface area contributed by atoms with Gasteiger partial charge in [-0.1, -0.05) is 25.0 Å². The maximum atomic E-state index is 13.0. The summed E-state index contributed by atoms with van der Waals surface area (Å²) in [5.41, 5.74) is 0.609. The predicted molar refractivity (Wildman–Crippen MR) is 89.2 cm³/mol. The molecule has 1 aliphatic carbocycles. The Bertz CT molecular complexity index is 717. The third-order valence-corrected chi connectivity index (χ3v) is 6.98. The van der Waals surface area contributed by atoms with Gasteiger partial charge in [0.2, 0.25) is 10.0 Å². The van der Waals surface area contributed by atoms with Crippen molar-refractivity contribution < 1.29 is 23.1 Å². The Kier molecular flexibility index (Phi) is 4.83. The average Bonchev–Trinajstić information content (AvgIpc) is 2.95. The van der Waals surface area contributed by atoms with E-state index in [2.05, 4.69) is 0 Å². The number of methoxy groups -OCH3 is 1. The molecule has 1 heterocycles. The lowest BCUT2D eigenvalue weighted by atomic mass is 9.85. The van der Waals surface area contributed by atoms with Crippen LogP contribution in [0.4, 0.5) is 0 Å². The van der Waals surface area contributed by atoms with Gasteiger partial charge in [0.15, 0.2) is 0 Å². The van der Waals surface area contributed by atoms with E-state index in [1.54, 1.807) is 24.3 Å². The first-order chi connectivity index (χ1) is 11.4. The van der Waals surface area contributed by atoms with Gasteiger partial charge in [-0.3, -0.25) is 4.79 Å². The summed E-state index contributed by atoms with van der Waals surface area (Å²) >= 11 is 0. The molecule has 3 rings (SSSR count). The molecule has 1 aromatic carbocycles. The van der Waals surface area contributed by atoms with Crippen molar-refractivity contribution in [3.63, 3.8) is 0 Å². The fraction of sp³-hybridized carbons (Fsp3) is 0.588. The lowest BCUT2D eigenvalue weighted by Crippen LogP contribution is -2.46. The molecule has 0 spiro atoms. The summed E-state index contributed by atoms with van der Waals surface area (Å²) in [4.78, 5) is 11.6. The molecule has 0 radical (unpaired) electrons. The Morgan fingerprint density at radius 2 is 2.08 bits per heavy atom. The minimum absolute atomic E-state index is 0.167. The van der Waals surface area contributed by atoms with Crippen LogP contribution < -0.4 is 4.74 Å². The van der Waals surface area contributed by atoms with Crippen molar-refractivity contribution in [2.75, 3.05) is 7.11 Å². The van der Waals surface area contributed by atoms with Gasteiger partial charge in [-0.05, 0) is 42.9 Å². The second-order valence-electron chi connectivity index (χ2n) is 6.64. The summed E-state index contributed by atoms with van der Waals surface area (Å²) in [7, 11) is -2.18. The van der Waals surface area contributed by atoms with E-state index in [1.807, 2.05) is 0 Å². The van der Waals surface area contributed by atoms with Crippen LogP contribution in [0.25, 0.3) is 0 Å². The second kappa shape index (κ2) is 6.72. The number of benzene rings is 1. The van der Waals surface area contributed by atoms with E-state index < -0.39 is 22.0 Å². The normalized spacial score (nSPS) is 27.6. The zero-order valence-electron chi connectivity index (χ0n) is 13.7. The van der Waals surface area contributed by atoms with Crippen LogP contribution in [0.5, 0.6) is 5.75 Å². The van der Waals surface area contributed by atoms with E-state index in [0.29, 0.717) is 17.7 Å². The van der Waals surface area contributed by atoms with Crippen LogP contribution in [0.2, 0.25) is 0 Å². The number of carboxylic acids is 1. The number of aliphatic carboxylic acids is 1. The van der Waals surface area contributed by atoms with Crippen LogP contribution in [0.1, 0.15) is 37.7 Å². The maximum Gasteiger partial charge on any atom is 0.322 e. The largest absolute Gasteiger partial charge is 0.497 e. The summed E-state index contributed by atoms with van der Waals surface area (Å²) in [5.74, 6) is -0.481. The number of hydrogen-bond acceptors (Lipinski definition) is 4. The molecule has 1 N–H and O–H groups in total. The summed E-state index contributed by atoms with van der Waals surface area (Å²) in [6.45, 7) is 0. The van der Waals surface area contributed by atoms with Gasteiger partial charge < -0.3 is 9.84 Å². The Balaban J connectivity index is 1.89. The van der Waals surface area contributed by atoms with E-state index in [4.69, 9.17) is 4.74 Å². The highest BCUT2D eigenvalue weighted by molar-refractivity contribution is 7.88. The van der Waals surface area contributed by atoms with Crippen LogP contribution >= 0.6 is 0 Å². The first-order valence-corrected chi connectivity index (χ1v) is 9.90. The fourth-order valence-electron chi connectivity index (χ4n) is 4.08. The van der Waals surface area contributed by atoms with Gasteiger partial charge in [-0.2, -0.15) is 4.31 Å². The summed E-state index contributed by atoms with van der Waals surface area (Å²) in [6.07, 6.45) is 4.11. The highest BCUT2D eigenvalue weighted by Gasteiger charge is 2.50. The van der Waals surface area contributed by atoms with E-state index in [0.717, 1.165) is 25.7 Å². The number of sulfonamides is 1. The molecule has 6 nitrogen and oxygen atoms in total. The number of nitrogens with zero attached hydrogens (tertiary/aromatic N) is 1. The maximum absolute atomic E-state index is 13.0. The van der Waals surface area contributed by atoms with Crippen LogP contribution in [0, 0.1) is 5.92 Å². The SMILES string of the molecule is COc1cccc(CS(=O)(=O)N2C(C(=O)O)CC3CCCCC32)c1. The first kappa shape index (κ1) is 17.2. The molecule has 132 valence electrons. The Morgan fingerprint density at radius 1 is 1.33 bits per heavy atom. The van der Waals surface area contributed by atoms with Crippen LogP contribution in [0.3, 0.4) is 0 Å². The van der Waals surface area contributed by atoms with Gasteiger partial charge in [-0.15, -0.1) is 0 Å². The van der Waals surface area contributed by atoms with E-state index in [-0.39, 0.29) is 17.7 Å². The molecular formula is C17H23NO5S. The summed E-state index contributed by atoms with van der Waals surface area (Å²) in [6, 6.07) is 5.80. The molecule has 1 saturated carbocycles. The van der Waals surface area contributed by atoms with Crippen LogP contribution in [-0.2, 0) is 20.6 Å². The molecule has 1 saturated heterocycles. The molecule has 1 aromatic rings. The molecule has 3 atom stereocenters. The van der Waals surface area contributed by atoms with Crippen molar-refractivity contribution in [1.82, 2.24) is 4.31 Å². The summed E-state index contributed by atoms with van der Waals surface area (Å²) < 4.78 is 32.4. The topological polar surface area (TPSA) is 83.9 Å². The van der Waals surface area contributed by atoms with Gasteiger partial charge in [0, 0.05) is 6.04 Å². The Labute approximate surface area is 142 Å². The number of fused-ring (bicyclic) bond motifs is 1. The standard InChI is InChI=1S/C17H23NO5S/c1-23-14-7-4-5-12(9-14)11-24(21,22)18-15-8-3-2-6-13(15)10-16(18)17(19)20/h4-5,7,9,13,15-16H,2-3,6,8,10-11H2,1H3,(H,19,20). The van der Waals surface area contributed by atoms with Gasteiger partial charge in [-0.25, -0.2) is 8.42 Å². The minimum Gasteiger partial charge on any atom is -0.497 e. The Hall–Kier alpha value is -1.60. The molecule has 0 bridgehead atoms. The number of carboxylic acid groups (broad SMARTS) is 1. The molecule has 0 amide bonds. The third-order valence-electron chi connectivity index (χ3n) is 5.12. The molecule has 3 unspecified atom stereocenters. The van der Waals surface area contributed by atoms with Crippen molar-refractivity contribution in [3.05, 3.63) is 29.8 Å². The van der Waals surface area contributed by atoms with Crippen LogP contribution in [-0.4, -0.2) is 43.0 Å². The van der Waals surface area contributed by atoms with Crippen molar-refractivity contribution >= 4 is 16.0 Å². The van der Waals surface area contributed by atoms with Crippen LogP contribution in [0.15, 0.2) is 24.3 Å². The van der Waals surface area contributed by atoms with Gasteiger partial charge in [0.05, 0.1) is 12.9 Å². The summed E-state index contributed by atoms with van der Waals surface area (Å²) in [5, 5.41) is 9.52. The molecule has 2 aliphatic rings. The molecule has 1 aliphatic heterocycles. The van der Waals surface area contributed by atoms with Gasteiger partial charge in [0.25, 0.3) is 0 Å². The number of carbonyl (C=O) groups is 1. The van der Waals surface area contributed by atoms with E-state index >= 15 is 0 Å². The Morgan fingerprint density at radius 3 is 2.79 bits per heavy atom. The predicted octanol–water partition coefficient (Wildman–Crippen LogP) is 2.24.